The van der Waals surface area contributed by atoms with Gasteiger partial charge in [-0.15, -0.1) is 0 Å². The van der Waals surface area contributed by atoms with E-state index in [9.17, 15) is 8.42 Å². The van der Waals surface area contributed by atoms with Crippen molar-refractivity contribution >= 4 is 43.4 Å². The summed E-state index contributed by atoms with van der Waals surface area (Å²) in [6, 6.07) is 4.97. The van der Waals surface area contributed by atoms with Crippen LogP contribution in [-0.2, 0) is 10.2 Å². The quantitative estimate of drug-likeness (QED) is 0.889. The predicted octanol–water partition coefficient (Wildman–Crippen LogP) is 3.49. The van der Waals surface area contributed by atoms with E-state index in [1.807, 2.05) is 0 Å². The van der Waals surface area contributed by atoms with Gasteiger partial charge in [-0.05, 0) is 52.9 Å². The van der Waals surface area contributed by atoms with Gasteiger partial charge in [0.2, 0.25) is 0 Å². The molecule has 1 aromatic carbocycles. The van der Waals surface area contributed by atoms with Crippen LogP contribution in [0.25, 0.3) is 0 Å². The van der Waals surface area contributed by atoms with E-state index in [1.54, 1.807) is 18.2 Å². The lowest BCUT2D eigenvalue weighted by Crippen LogP contribution is -2.42. The topological polar surface area (TPSA) is 49.4 Å². The van der Waals surface area contributed by atoms with Gasteiger partial charge in [-0.3, -0.25) is 4.72 Å². The Hall–Kier alpha value is -0.300. The molecule has 1 atom stereocenters. The van der Waals surface area contributed by atoms with E-state index in [0.29, 0.717) is 34.2 Å². The highest BCUT2D eigenvalue weighted by Gasteiger charge is 2.26. The van der Waals surface area contributed by atoms with E-state index in [2.05, 4.69) is 27.6 Å². The molecule has 1 aliphatic rings. The Balaban J connectivity index is 2.14. The molecule has 7 heteroatoms. The Morgan fingerprint density at radius 1 is 1.47 bits per heavy atom. The molecule has 1 N–H and O–H groups in total. The minimum atomic E-state index is -3.48. The van der Waals surface area contributed by atoms with Crippen LogP contribution >= 0.6 is 27.5 Å². The van der Waals surface area contributed by atoms with Crippen LogP contribution in [0.2, 0.25) is 5.02 Å². The normalized spacial score (nSPS) is 21.3. The highest BCUT2D eigenvalue weighted by atomic mass is 79.9. The maximum atomic E-state index is 12.3. The number of benzene rings is 1. The van der Waals surface area contributed by atoms with Crippen LogP contribution in [0.5, 0.6) is 0 Å². The molecule has 1 aromatic rings. The van der Waals surface area contributed by atoms with Crippen LogP contribution in [0.4, 0.5) is 5.69 Å². The Morgan fingerprint density at radius 3 is 2.84 bits per heavy atom. The summed E-state index contributed by atoms with van der Waals surface area (Å²) in [5, 5.41) is 0.551. The van der Waals surface area contributed by atoms with Crippen molar-refractivity contribution in [1.82, 2.24) is 4.31 Å². The summed E-state index contributed by atoms with van der Waals surface area (Å²) in [7, 11) is -3.48. The summed E-state index contributed by atoms with van der Waals surface area (Å²) in [5.74, 6) is 0.405. The fourth-order valence-corrected chi connectivity index (χ4v) is 4.01. The maximum Gasteiger partial charge on any atom is 0.301 e. The zero-order valence-corrected chi connectivity index (χ0v) is 13.7. The number of halogens is 2. The molecule has 0 aliphatic carbocycles. The third kappa shape index (κ3) is 3.84. The molecular formula is C12H16BrClN2O2S. The fourth-order valence-electron chi connectivity index (χ4n) is 2.14. The van der Waals surface area contributed by atoms with Crippen molar-refractivity contribution in [1.29, 1.82) is 0 Å². The van der Waals surface area contributed by atoms with Gasteiger partial charge in [0.15, 0.2) is 0 Å². The van der Waals surface area contributed by atoms with E-state index in [0.717, 1.165) is 12.8 Å². The van der Waals surface area contributed by atoms with Crippen molar-refractivity contribution in [3.63, 3.8) is 0 Å². The highest BCUT2D eigenvalue weighted by Crippen LogP contribution is 2.27. The lowest BCUT2D eigenvalue weighted by molar-refractivity contribution is 0.282. The fraction of sp³-hybridized carbons (Fsp3) is 0.500. The smallest absolute Gasteiger partial charge is 0.271 e. The molecule has 1 heterocycles. The van der Waals surface area contributed by atoms with E-state index < -0.39 is 10.2 Å². The Kier molecular flexibility index (Phi) is 4.76. The van der Waals surface area contributed by atoms with E-state index in [1.165, 1.54) is 4.31 Å². The van der Waals surface area contributed by atoms with E-state index in [4.69, 9.17) is 11.6 Å². The molecule has 0 bridgehead atoms. The summed E-state index contributed by atoms with van der Waals surface area (Å²) in [6.45, 7) is 3.22. The van der Waals surface area contributed by atoms with Gasteiger partial charge in [0.1, 0.15) is 0 Å². The summed E-state index contributed by atoms with van der Waals surface area (Å²) >= 11 is 9.16. The SMILES string of the molecule is CC1CCCN(S(=O)(=O)Nc2ccc(Cl)c(Br)c2)C1. The molecule has 1 saturated heterocycles. The van der Waals surface area contributed by atoms with Gasteiger partial charge in [0.25, 0.3) is 0 Å². The molecule has 1 unspecified atom stereocenters. The van der Waals surface area contributed by atoms with Gasteiger partial charge in [0.05, 0.1) is 10.7 Å². The van der Waals surface area contributed by atoms with Crippen molar-refractivity contribution < 1.29 is 8.42 Å². The first kappa shape index (κ1) is 15.1. The monoisotopic (exact) mass is 366 g/mol. The van der Waals surface area contributed by atoms with Gasteiger partial charge in [-0.25, -0.2) is 0 Å². The average molecular weight is 368 g/mol. The second-order valence-electron chi connectivity index (χ2n) is 4.84. The molecule has 19 heavy (non-hydrogen) atoms. The summed E-state index contributed by atoms with van der Waals surface area (Å²) in [5.41, 5.74) is 0.509. The first-order chi connectivity index (χ1) is 8.88. The molecule has 0 aromatic heterocycles. The van der Waals surface area contributed by atoms with Crippen molar-refractivity contribution in [3.05, 3.63) is 27.7 Å². The minimum Gasteiger partial charge on any atom is -0.271 e. The van der Waals surface area contributed by atoms with E-state index >= 15 is 0 Å². The number of hydrogen-bond acceptors (Lipinski definition) is 2. The van der Waals surface area contributed by atoms with Crippen molar-refractivity contribution in [2.75, 3.05) is 17.8 Å². The van der Waals surface area contributed by atoms with Crippen LogP contribution < -0.4 is 4.72 Å². The molecule has 0 amide bonds. The van der Waals surface area contributed by atoms with Gasteiger partial charge in [0, 0.05) is 17.6 Å². The van der Waals surface area contributed by atoms with Crippen LogP contribution in [0, 0.1) is 5.92 Å². The largest absolute Gasteiger partial charge is 0.301 e. The summed E-state index contributed by atoms with van der Waals surface area (Å²) < 4.78 is 29.3. The molecule has 0 saturated carbocycles. The lowest BCUT2D eigenvalue weighted by atomic mass is 10.0. The Labute approximate surface area is 127 Å². The summed E-state index contributed by atoms with van der Waals surface area (Å²) in [4.78, 5) is 0. The summed E-state index contributed by atoms with van der Waals surface area (Å²) in [6.07, 6.45) is 1.99. The van der Waals surface area contributed by atoms with E-state index in [-0.39, 0.29) is 0 Å². The van der Waals surface area contributed by atoms with Crippen molar-refractivity contribution in [2.45, 2.75) is 19.8 Å². The van der Waals surface area contributed by atoms with Gasteiger partial charge >= 0.3 is 10.2 Å². The number of hydrogen-bond donors (Lipinski definition) is 1. The predicted molar refractivity (Wildman–Crippen MR) is 81.7 cm³/mol. The molecule has 4 nitrogen and oxygen atoms in total. The van der Waals surface area contributed by atoms with Crippen LogP contribution in [0.15, 0.2) is 22.7 Å². The second kappa shape index (κ2) is 5.99. The molecule has 0 spiro atoms. The van der Waals surface area contributed by atoms with Gasteiger partial charge in [-0.1, -0.05) is 18.5 Å². The number of piperidine rings is 1. The van der Waals surface area contributed by atoms with Crippen molar-refractivity contribution in [3.8, 4) is 0 Å². The maximum absolute atomic E-state index is 12.3. The molecule has 0 radical (unpaired) electrons. The molecule has 106 valence electrons. The van der Waals surface area contributed by atoms with Crippen LogP contribution in [0.3, 0.4) is 0 Å². The third-order valence-corrected chi connectivity index (χ3v) is 5.85. The third-order valence-electron chi connectivity index (χ3n) is 3.13. The van der Waals surface area contributed by atoms with Gasteiger partial charge in [-0.2, -0.15) is 12.7 Å². The first-order valence-electron chi connectivity index (χ1n) is 6.11. The highest BCUT2D eigenvalue weighted by molar-refractivity contribution is 9.10. The second-order valence-corrected chi connectivity index (χ2v) is 7.77. The van der Waals surface area contributed by atoms with Crippen molar-refractivity contribution in [2.24, 2.45) is 5.92 Å². The Morgan fingerprint density at radius 2 is 2.21 bits per heavy atom. The lowest BCUT2D eigenvalue weighted by Gasteiger charge is -2.30. The number of nitrogens with one attached hydrogen (secondary N) is 1. The standard InChI is InChI=1S/C12H16BrClN2O2S/c1-9-3-2-6-16(8-9)19(17,18)15-10-4-5-12(14)11(13)7-10/h4-5,7,9,15H,2-3,6,8H2,1H3. The molecule has 1 fully saturated rings. The zero-order valence-electron chi connectivity index (χ0n) is 10.6. The zero-order chi connectivity index (χ0) is 14.0. The van der Waals surface area contributed by atoms with Gasteiger partial charge < -0.3 is 0 Å². The Bertz CT molecular complexity index is 565. The van der Waals surface area contributed by atoms with Crippen LogP contribution in [-0.4, -0.2) is 25.8 Å². The number of anilines is 1. The number of rotatable bonds is 3. The van der Waals surface area contributed by atoms with Crippen LogP contribution in [0.1, 0.15) is 19.8 Å². The number of nitrogens with zero attached hydrogens (tertiary/aromatic N) is 1. The molecule has 1 aliphatic heterocycles. The first-order valence-corrected chi connectivity index (χ1v) is 8.72. The molecular weight excluding hydrogens is 352 g/mol. The molecule has 2 rings (SSSR count). The average Bonchev–Trinajstić information content (AvgIpc) is 2.33. The minimum absolute atomic E-state index is 0.405.